The molecule has 0 saturated heterocycles. The smallest absolute Gasteiger partial charge is 0.338 e. The first kappa shape index (κ1) is 20.3. The molecule has 7 heteroatoms. The Morgan fingerprint density at radius 2 is 1.86 bits per heavy atom. The molecule has 0 saturated carbocycles. The molecule has 7 nitrogen and oxygen atoms in total. The second-order valence-electron chi connectivity index (χ2n) is 6.91. The number of benzene rings is 2. The van der Waals surface area contributed by atoms with Crippen molar-refractivity contribution < 1.29 is 9.53 Å². The lowest BCUT2D eigenvalue weighted by molar-refractivity contribution is 0.0526. The fourth-order valence-corrected chi connectivity index (χ4v) is 2.92. The minimum Gasteiger partial charge on any atom is -0.462 e. The Balaban J connectivity index is 1.76. The van der Waals surface area contributed by atoms with Gasteiger partial charge in [-0.1, -0.05) is 32.0 Å². The summed E-state index contributed by atoms with van der Waals surface area (Å²) in [6.07, 6.45) is 1.59. The highest BCUT2D eigenvalue weighted by atomic mass is 16.5. The van der Waals surface area contributed by atoms with E-state index in [9.17, 15) is 4.79 Å². The summed E-state index contributed by atoms with van der Waals surface area (Å²) in [6, 6.07) is 13.2. The van der Waals surface area contributed by atoms with E-state index < -0.39 is 0 Å². The van der Waals surface area contributed by atoms with E-state index in [-0.39, 0.29) is 5.97 Å². The molecule has 1 heterocycles. The first-order valence-corrected chi connectivity index (χ1v) is 9.58. The van der Waals surface area contributed by atoms with Gasteiger partial charge in [-0.25, -0.2) is 4.79 Å². The third-order valence-corrected chi connectivity index (χ3v) is 4.39. The molecule has 0 aliphatic heterocycles. The van der Waals surface area contributed by atoms with Crippen molar-refractivity contribution in [1.82, 2.24) is 15.2 Å². The van der Waals surface area contributed by atoms with Crippen molar-refractivity contribution in [2.24, 2.45) is 0 Å². The number of para-hydroxylation sites is 1. The van der Waals surface area contributed by atoms with E-state index >= 15 is 0 Å². The first-order chi connectivity index (χ1) is 14.0. The molecule has 3 rings (SSSR count). The highest BCUT2D eigenvalue weighted by molar-refractivity contribution is 5.89. The van der Waals surface area contributed by atoms with Crippen LogP contribution >= 0.6 is 0 Å². The second kappa shape index (κ2) is 9.14. The number of rotatable bonds is 7. The Hall–Kier alpha value is -3.48. The van der Waals surface area contributed by atoms with E-state index in [0.717, 1.165) is 16.9 Å². The largest absolute Gasteiger partial charge is 0.462 e. The van der Waals surface area contributed by atoms with Crippen LogP contribution in [-0.2, 0) is 4.74 Å². The lowest BCUT2D eigenvalue weighted by Crippen LogP contribution is -2.06. The summed E-state index contributed by atoms with van der Waals surface area (Å²) in [7, 11) is 0. The normalized spacial score (nSPS) is 10.7. The standard InChI is InChI=1S/C22H25N5O2/c1-5-29-21(28)16-9-11-17(12-10-16)24-22-26-19(13-23-27-22)25-20-15(4)7-6-8-18(20)14(2)3/h6-14H,5H2,1-4H3,(H2,24,25,26,27). The molecule has 0 amide bonds. The maximum atomic E-state index is 11.7. The summed E-state index contributed by atoms with van der Waals surface area (Å²) >= 11 is 0. The van der Waals surface area contributed by atoms with Crippen LogP contribution in [0.4, 0.5) is 23.1 Å². The maximum absolute atomic E-state index is 11.7. The molecule has 0 spiro atoms. The highest BCUT2D eigenvalue weighted by Gasteiger charge is 2.11. The third kappa shape index (κ3) is 5.07. The van der Waals surface area contributed by atoms with Crippen molar-refractivity contribution in [3.05, 3.63) is 65.4 Å². The van der Waals surface area contributed by atoms with E-state index in [1.54, 1.807) is 37.4 Å². The van der Waals surface area contributed by atoms with Crippen molar-refractivity contribution in [2.75, 3.05) is 17.2 Å². The summed E-state index contributed by atoms with van der Waals surface area (Å²) in [5, 5.41) is 14.6. The minimum absolute atomic E-state index is 0.345. The van der Waals surface area contributed by atoms with E-state index in [2.05, 4.69) is 64.8 Å². The number of aromatic nitrogens is 3. The van der Waals surface area contributed by atoms with E-state index in [1.807, 2.05) is 0 Å². The van der Waals surface area contributed by atoms with Crippen LogP contribution in [0.5, 0.6) is 0 Å². The van der Waals surface area contributed by atoms with Gasteiger partial charge in [-0.2, -0.15) is 10.1 Å². The van der Waals surface area contributed by atoms with Crippen LogP contribution in [0.15, 0.2) is 48.7 Å². The van der Waals surface area contributed by atoms with Crippen LogP contribution in [0.3, 0.4) is 0 Å². The Morgan fingerprint density at radius 3 is 2.55 bits per heavy atom. The van der Waals surface area contributed by atoms with Gasteiger partial charge >= 0.3 is 5.97 Å². The van der Waals surface area contributed by atoms with Gasteiger partial charge in [0, 0.05) is 11.4 Å². The van der Waals surface area contributed by atoms with Crippen LogP contribution in [0.25, 0.3) is 0 Å². The molecule has 0 unspecified atom stereocenters. The van der Waals surface area contributed by atoms with E-state index in [0.29, 0.717) is 29.9 Å². The number of hydrogen-bond donors (Lipinski definition) is 2. The first-order valence-electron chi connectivity index (χ1n) is 9.58. The molecule has 0 atom stereocenters. The van der Waals surface area contributed by atoms with E-state index in [1.165, 1.54) is 5.56 Å². The van der Waals surface area contributed by atoms with Gasteiger partial charge in [0.15, 0.2) is 5.82 Å². The SMILES string of the molecule is CCOC(=O)c1ccc(Nc2nncc(Nc3c(C)cccc3C(C)C)n2)cc1. The Kier molecular flexibility index (Phi) is 6.39. The molecule has 3 aromatic rings. The molecular formula is C22H25N5O2. The van der Waals surface area contributed by atoms with Gasteiger partial charge in [-0.05, 0) is 55.2 Å². The third-order valence-electron chi connectivity index (χ3n) is 4.39. The fraction of sp³-hybridized carbons (Fsp3) is 0.273. The predicted molar refractivity (Wildman–Crippen MR) is 114 cm³/mol. The zero-order valence-electron chi connectivity index (χ0n) is 17.1. The molecule has 2 N–H and O–H groups in total. The quantitative estimate of drug-likeness (QED) is 0.550. The number of hydrogen-bond acceptors (Lipinski definition) is 7. The number of nitrogens with zero attached hydrogens (tertiary/aromatic N) is 3. The zero-order valence-corrected chi connectivity index (χ0v) is 17.1. The monoisotopic (exact) mass is 391 g/mol. The van der Waals surface area contributed by atoms with E-state index in [4.69, 9.17) is 4.74 Å². The molecular weight excluding hydrogens is 366 g/mol. The van der Waals surface area contributed by atoms with Crippen molar-refractivity contribution in [2.45, 2.75) is 33.6 Å². The van der Waals surface area contributed by atoms with Crippen molar-refractivity contribution in [3.8, 4) is 0 Å². The Labute approximate surface area is 170 Å². The van der Waals surface area contributed by atoms with Gasteiger partial charge in [-0.15, -0.1) is 5.10 Å². The molecule has 0 aliphatic carbocycles. The molecule has 0 fully saturated rings. The number of anilines is 4. The van der Waals surface area contributed by atoms with Crippen molar-refractivity contribution in [1.29, 1.82) is 0 Å². The van der Waals surface area contributed by atoms with Crippen LogP contribution < -0.4 is 10.6 Å². The van der Waals surface area contributed by atoms with Crippen LogP contribution in [0.1, 0.15) is 48.2 Å². The van der Waals surface area contributed by atoms with Crippen LogP contribution in [0, 0.1) is 6.92 Å². The molecule has 0 aliphatic rings. The molecule has 2 aromatic carbocycles. The lowest BCUT2D eigenvalue weighted by Gasteiger charge is -2.16. The second-order valence-corrected chi connectivity index (χ2v) is 6.91. The van der Waals surface area contributed by atoms with Gasteiger partial charge < -0.3 is 15.4 Å². The topological polar surface area (TPSA) is 89.0 Å². The summed E-state index contributed by atoms with van der Waals surface area (Å²) in [5.74, 6) is 0.991. The minimum atomic E-state index is -0.345. The van der Waals surface area contributed by atoms with Crippen molar-refractivity contribution in [3.63, 3.8) is 0 Å². The average molecular weight is 391 g/mol. The van der Waals surface area contributed by atoms with Crippen molar-refractivity contribution >= 4 is 29.1 Å². The number of aryl methyl sites for hydroxylation is 1. The van der Waals surface area contributed by atoms with Crippen LogP contribution in [-0.4, -0.2) is 27.8 Å². The number of nitrogens with one attached hydrogen (secondary N) is 2. The predicted octanol–water partition coefficient (Wildman–Crippen LogP) is 4.97. The highest BCUT2D eigenvalue weighted by Crippen LogP contribution is 2.29. The van der Waals surface area contributed by atoms with Gasteiger partial charge in [0.1, 0.15) is 0 Å². The van der Waals surface area contributed by atoms with Gasteiger partial charge in [-0.3, -0.25) is 0 Å². The number of carbonyl (C=O) groups excluding carboxylic acids is 1. The fourth-order valence-electron chi connectivity index (χ4n) is 2.92. The number of ether oxygens (including phenoxy) is 1. The summed E-state index contributed by atoms with van der Waals surface area (Å²) in [6.45, 7) is 8.50. The lowest BCUT2D eigenvalue weighted by atomic mass is 9.98. The molecule has 0 bridgehead atoms. The van der Waals surface area contributed by atoms with Gasteiger partial charge in [0.25, 0.3) is 0 Å². The zero-order chi connectivity index (χ0) is 20.8. The molecule has 1 aromatic heterocycles. The summed E-state index contributed by atoms with van der Waals surface area (Å²) in [4.78, 5) is 16.3. The van der Waals surface area contributed by atoms with Gasteiger partial charge in [0.05, 0.1) is 18.4 Å². The number of esters is 1. The summed E-state index contributed by atoms with van der Waals surface area (Å²) in [5.41, 5.74) is 4.63. The number of carbonyl (C=O) groups is 1. The average Bonchev–Trinajstić information content (AvgIpc) is 2.70. The Morgan fingerprint density at radius 1 is 1.10 bits per heavy atom. The maximum Gasteiger partial charge on any atom is 0.338 e. The van der Waals surface area contributed by atoms with Gasteiger partial charge in [0.2, 0.25) is 5.95 Å². The molecule has 150 valence electrons. The molecule has 0 radical (unpaired) electrons. The summed E-state index contributed by atoms with van der Waals surface area (Å²) < 4.78 is 4.99. The Bertz CT molecular complexity index is 987. The molecule has 29 heavy (non-hydrogen) atoms. The van der Waals surface area contributed by atoms with Crippen LogP contribution in [0.2, 0.25) is 0 Å².